The molecule has 0 atom stereocenters. The van der Waals surface area contributed by atoms with Gasteiger partial charge in [-0.1, -0.05) is 0 Å². The molecule has 3 aliphatic rings. The smallest absolute Gasteiger partial charge is 0.274 e. The van der Waals surface area contributed by atoms with Crippen molar-refractivity contribution in [2.45, 2.75) is 19.3 Å². The molecule has 15 heavy (non-hydrogen) atoms. The maximum absolute atomic E-state index is 11.5. The number of fused-ring (bicyclic) bond motifs is 6. The minimum atomic E-state index is -0.874. The normalized spacial score (nSPS) is 22.9. The molecule has 0 aromatic rings. The molecule has 2 bridgehead atoms. The van der Waals surface area contributed by atoms with E-state index in [2.05, 4.69) is 0 Å². The van der Waals surface area contributed by atoms with Gasteiger partial charge in [-0.05, 0) is 6.42 Å². The van der Waals surface area contributed by atoms with Gasteiger partial charge >= 0.3 is 11.8 Å². The van der Waals surface area contributed by atoms with Crippen LogP contribution in [0.2, 0.25) is 0 Å². The zero-order valence-corrected chi connectivity index (χ0v) is 8.06. The predicted molar refractivity (Wildman–Crippen MR) is 47.3 cm³/mol. The summed E-state index contributed by atoms with van der Waals surface area (Å²) in [5.74, 6) is -2.46. The second-order valence-electron chi connectivity index (χ2n) is 3.55. The summed E-state index contributed by atoms with van der Waals surface area (Å²) in [6.45, 7) is 0.268. The third-order valence-electron chi connectivity index (χ3n) is 2.60. The van der Waals surface area contributed by atoms with Crippen molar-refractivity contribution in [3.8, 4) is 0 Å². The molecule has 3 fully saturated rings. The van der Waals surface area contributed by atoms with Crippen LogP contribution in [0, 0.1) is 0 Å². The second kappa shape index (κ2) is 3.45. The Bertz CT molecular complexity index is 329. The van der Waals surface area contributed by atoms with Crippen molar-refractivity contribution in [3.63, 3.8) is 0 Å². The van der Waals surface area contributed by atoms with Gasteiger partial charge in [0.1, 0.15) is 0 Å². The van der Waals surface area contributed by atoms with Crippen molar-refractivity contribution in [3.05, 3.63) is 0 Å². The first kappa shape index (κ1) is 9.82. The summed E-state index contributed by atoms with van der Waals surface area (Å²) >= 11 is 0. The second-order valence-corrected chi connectivity index (χ2v) is 3.55. The van der Waals surface area contributed by atoms with Crippen LogP contribution in [0.5, 0.6) is 0 Å². The molecule has 3 saturated heterocycles. The first-order valence-electron chi connectivity index (χ1n) is 4.80. The summed E-state index contributed by atoms with van der Waals surface area (Å²) < 4.78 is 0. The summed E-state index contributed by atoms with van der Waals surface area (Å²) in [6, 6.07) is 0. The van der Waals surface area contributed by atoms with Gasteiger partial charge in [0.05, 0.1) is 0 Å². The number of rotatable bonds is 0. The van der Waals surface area contributed by atoms with Crippen molar-refractivity contribution < 1.29 is 19.2 Å². The van der Waals surface area contributed by atoms with Crippen molar-refractivity contribution in [1.82, 2.24) is 9.80 Å². The number of carbonyl (C=O) groups excluding carboxylic acids is 4. The molecular formula is C9H10N2O4. The van der Waals surface area contributed by atoms with Crippen molar-refractivity contribution in [2.75, 3.05) is 13.1 Å². The van der Waals surface area contributed by atoms with E-state index < -0.39 is 11.8 Å². The van der Waals surface area contributed by atoms with Crippen LogP contribution < -0.4 is 0 Å². The van der Waals surface area contributed by atoms with Crippen LogP contribution >= 0.6 is 0 Å². The Labute approximate surface area is 85.8 Å². The summed E-state index contributed by atoms with van der Waals surface area (Å²) in [5, 5.41) is 0. The minimum Gasteiger partial charge on any atom is -0.274 e. The summed E-state index contributed by atoms with van der Waals surface area (Å²) in [4.78, 5) is 47.7. The van der Waals surface area contributed by atoms with Crippen LogP contribution in [0.4, 0.5) is 0 Å². The van der Waals surface area contributed by atoms with E-state index in [1.54, 1.807) is 0 Å². The zero-order valence-electron chi connectivity index (χ0n) is 8.06. The monoisotopic (exact) mass is 210 g/mol. The third-order valence-corrected chi connectivity index (χ3v) is 2.60. The van der Waals surface area contributed by atoms with Gasteiger partial charge in [0.25, 0.3) is 0 Å². The lowest BCUT2D eigenvalue weighted by molar-refractivity contribution is -0.164. The fourth-order valence-corrected chi connectivity index (χ4v) is 1.77. The quantitative estimate of drug-likeness (QED) is 0.375. The molecule has 3 heterocycles. The van der Waals surface area contributed by atoms with E-state index in [0.29, 0.717) is 6.42 Å². The molecule has 0 aromatic heterocycles. The molecule has 0 aromatic carbocycles. The number of piperazine rings is 1. The lowest BCUT2D eigenvalue weighted by atomic mass is 10.2. The largest absolute Gasteiger partial charge is 0.319 e. The molecule has 0 radical (unpaired) electrons. The van der Waals surface area contributed by atoms with Crippen LogP contribution in [0.15, 0.2) is 0 Å². The highest BCUT2D eigenvalue weighted by Gasteiger charge is 2.39. The van der Waals surface area contributed by atoms with Gasteiger partial charge in [-0.3, -0.25) is 29.0 Å². The Kier molecular flexibility index (Phi) is 2.26. The van der Waals surface area contributed by atoms with Gasteiger partial charge in [0, 0.05) is 25.9 Å². The van der Waals surface area contributed by atoms with Gasteiger partial charge in [-0.25, -0.2) is 0 Å². The van der Waals surface area contributed by atoms with Gasteiger partial charge < -0.3 is 0 Å². The van der Waals surface area contributed by atoms with Gasteiger partial charge in [-0.15, -0.1) is 0 Å². The van der Waals surface area contributed by atoms with E-state index in [9.17, 15) is 19.2 Å². The Balaban J connectivity index is 2.35. The first-order chi connectivity index (χ1) is 7.11. The number of carbonyl (C=O) groups is 4. The number of imide groups is 2. The fourth-order valence-electron chi connectivity index (χ4n) is 1.77. The summed E-state index contributed by atoms with van der Waals surface area (Å²) in [7, 11) is 0. The molecule has 3 rings (SSSR count). The molecule has 0 aliphatic carbocycles. The van der Waals surface area contributed by atoms with E-state index in [1.807, 2.05) is 0 Å². The highest BCUT2D eigenvalue weighted by Crippen LogP contribution is 2.14. The number of hydrogen-bond acceptors (Lipinski definition) is 4. The van der Waals surface area contributed by atoms with Crippen molar-refractivity contribution in [1.29, 1.82) is 0 Å². The van der Waals surface area contributed by atoms with Crippen molar-refractivity contribution in [2.24, 2.45) is 0 Å². The molecule has 3 aliphatic heterocycles. The third kappa shape index (κ3) is 1.51. The maximum Gasteiger partial charge on any atom is 0.319 e. The number of nitrogens with zero attached hydrogens (tertiary/aromatic N) is 2. The molecule has 4 amide bonds. The molecule has 6 nitrogen and oxygen atoms in total. The predicted octanol–water partition coefficient (Wildman–Crippen LogP) is -1.11. The highest BCUT2D eigenvalue weighted by atomic mass is 16.2. The zero-order chi connectivity index (χ0) is 11.0. The molecule has 0 unspecified atom stereocenters. The van der Waals surface area contributed by atoms with Crippen molar-refractivity contribution >= 4 is 23.6 Å². The highest BCUT2D eigenvalue weighted by molar-refractivity contribution is 6.40. The maximum atomic E-state index is 11.5. The molecule has 0 spiro atoms. The van der Waals surface area contributed by atoms with E-state index in [4.69, 9.17) is 0 Å². The molecule has 80 valence electrons. The number of hydrogen-bond donors (Lipinski definition) is 0. The minimum absolute atomic E-state index is 0.134. The van der Waals surface area contributed by atoms with Gasteiger partial charge in [-0.2, -0.15) is 0 Å². The van der Waals surface area contributed by atoms with Crippen LogP contribution in [0.25, 0.3) is 0 Å². The Morgan fingerprint density at radius 1 is 0.733 bits per heavy atom. The van der Waals surface area contributed by atoms with E-state index in [1.165, 1.54) is 0 Å². The number of amides is 4. The molecule has 6 heteroatoms. The Morgan fingerprint density at radius 3 is 1.53 bits per heavy atom. The van der Waals surface area contributed by atoms with Crippen LogP contribution in [-0.4, -0.2) is 46.5 Å². The standard InChI is InChI=1S/C9H10N2O4/c12-6-2-1-3-7(13)11-5-4-10(6)8(14)9(11)15/h1-5H2. The van der Waals surface area contributed by atoms with Crippen LogP contribution in [0.1, 0.15) is 19.3 Å². The summed E-state index contributed by atoms with van der Waals surface area (Å²) in [6.07, 6.45) is 0.697. The fraction of sp³-hybridized carbons (Fsp3) is 0.556. The van der Waals surface area contributed by atoms with Crippen LogP contribution in [0.3, 0.4) is 0 Å². The van der Waals surface area contributed by atoms with Crippen LogP contribution in [-0.2, 0) is 19.2 Å². The molecular weight excluding hydrogens is 200 g/mol. The topological polar surface area (TPSA) is 74.8 Å². The van der Waals surface area contributed by atoms with E-state index in [-0.39, 0.29) is 37.7 Å². The van der Waals surface area contributed by atoms with Gasteiger partial charge in [0.2, 0.25) is 11.8 Å². The van der Waals surface area contributed by atoms with E-state index >= 15 is 0 Å². The average Bonchev–Trinajstić information content (AvgIpc) is 2.28. The van der Waals surface area contributed by atoms with Gasteiger partial charge in [0.15, 0.2) is 0 Å². The summed E-state index contributed by atoms with van der Waals surface area (Å²) in [5.41, 5.74) is 0. The Hall–Kier alpha value is -1.72. The molecule has 0 N–H and O–H groups in total. The SMILES string of the molecule is O=C1CCCC(=O)N2CCN1C(=O)C2=O. The average molecular weight is 210 g/mol. The Morgan fingerprint density at radius 2 is 1.13 bits per heavy atom. The van der Waals surface area contributed by atoms with E-state index in [0.717, 1.165) is 9.80 Å². The molecule has 0 saturated carbocycles. The first-order valence-corrected chi connectivity index (χ1v) is 4.80. The lowest BCUT2D eigenvalue weighted by Crippen LogP contribution is -2.56. The lowest BCUT2D eigenvalue weighted by Gasteiger charge is -2.29.